The van der Waals surface area contributed by atoms with E-state index in [1.807, 2.05) is 11.4 Å². The molecule has 0 bridgehead atoms. The summed E-state index contributed by atoms with van der Waals surface area (Å²) in [7, 11) is 0. The lowest BCUT2D eigenvalue weighted by atomic mass is 10.4. The molecule has 13 heavy (non-hydrogen) atoms. The molecule has 0 aromatic carbocycles. The first-order valence-corrected chi connectivity index (χ1v) is 5.90. The minimum atomic E-state index is 0.484. The number of hydrogen-bond acceptors (Lipinski definition) is 4. The van der Waals surface area contributed by atoms with Crippen LogP contribution in [0.5, 0.6) is 0 Å². The average Bonchev–Trinajstić information content (AvgIpc) is 2.62. The van der Waals surface area contributed by atoms with Crippen molar-refractivity contribution in [3.63, 3.8) is 0 Å². The molecule has 0 spiro atoms. The molecule has 0 saturated heterocycles. The molecule has 6 heteroatoms. The molecule has 2 rings (SSSR count). The zero-order valence-electron chi connectivity index (χ0n) is 6.33. The van der Waals surface area contributed by atoms with Gasteiger partial charge >= 0.3 is 0 Å². The van der Waals surface area contributed by atoms with Crippen molar-refractivity contribution in [1.82, 2.24) is 10.2 Å². The minimum absolute atomic E-state index is 0.484. The second-order valence-corrected chi connectivity index (χ2v) is 5.43. The lowest BCUT2D eigenvalue weighted by Gasteiger charge is -1.87. The summed E-state index contributed by atoms with van der Waals surface area (Å²) in [6.07, 6.45) is 0.766. The SMILES string of the molecule is Clc1csc(Cc2nnc(Cl)s2)c1. The maximum absolute atomic E-state index is 5.78. The van der Waals surface area contributed by atoms with E-state index in [-0.39, 0.29) is 0 Å². The maximum Gasteiger partial charge on any atom is 0.207 e. The molecular weight excluding hydrogens is 247 g/mol. The van der Waals surface area contributed by atoms with Gasteiger partial charge in [-0.2, -0.15) is 0 Å². The molecule has 0 N–H and O–H groups in total. The summed E-state index contributed by atoms with van der Waals surface area (Å²) in [5.74, 6) is 0. The monoisotopic (exact) mass is 250 g/mol. The molecule has 2 heterocycles. The third kappa shape index (κ3) is 2.40. The number of halogens is 2. The summed E-state index contributed by atoms with van der Waals surface area (Å²) in [5, 5.41) is 11.2. The van der Waals surface area contributed by atoms with Crippen LogP contribution in [-0.4, -0.2) is 10.2 Å². The summed E-state index contributed by atoms with van der Waals surface area (Å²) in [5.41, 5.74) is 0. The molecule has 0 aliphatic carbocycles. The third-order valence-corrected chi connectivity index (χ3v) is 3.69. The molecule has 0 saturated carbocycles. The molecule has 0 atom stereocenters. The van der Waals surface area contributed by atoms with Gasteiger partial charge in [-0.25, -0.2) is 0 Å². The maximum atomic E-state index is 5.78. The van der Waals surface area contributed by atoms with E-state index in [0.717, 1.165) is 16.5 Å². The number of aromatic nitrogens is 2. The highest BCUT2D eigenvalue weighted by atomic mass is 35.5. The standard InChI is InChI=1S/C7H4Cl2N2S2/c8-4-1-5(12-3-4)2-6-10-11-7(9)13-6/h1,3H,2H2. The van der Waals surface area contributed by atoms with Crippen LogP contribution in [0.1, 0.15) is 9.88 Å². The topological polar surface area (TPSA) is 25.8 Å². The van der Waals surface area contributed by atoms with Gasteiger partial charge < -0.3 is 0 Å². The van der Waals surface area contributed by atoms with E-state index in [4.69, 9.17) is 23.2 Å². The van der Waals surface area contributed by atoms with Crippen molar-refractivity contribution in [3.8, 4) is 0 Å². The Labute approximate surface area is 93.1 Å². The van der Waals surface area contributed by atoms with E-state index in [9.17, 15) is 0 Å². The number of hydrogen-bond donors (Lipinski definition) is 0. The summed E-state index contributed by atoms with van der Waals surface area (Å²) in [4.78, 5) is 1.18. The fourth-order valence-corrected chi connectivity index (χ4v) is 2.96. The predicted molar refractivity (Wildman–Crippen MR) is 57.1 cm³/mol. The van der Waals surface area contributed by atoms with Crippen LogP contribution in [0.4, 0.5) is 0 Å². The quantitative estimate of drug-likeness (QED) is 0.816. The molecule has 0 aliphatic rings. The van der Waals surface area contributed by atoms with Gasteiger partial charge in [0.1, 0.15) is 5.01 Å². The first-order chi connectivity index (χ1) is 6.24. The third-order valence-electron chi connectivity index (χ3n) is 1.39. The molecule has 68 valence electrons. The number of nitrogens with zero attached hydrogens (tertiary/aromatic N) is 2. The van der Waals surface area contributed by atoms with Crippen molar-refractivity contribution in [2.45, 2.75) is 6.42 Å². The molecular formula is C7H4Cl2N2S2. The Balaban J connectivity index is 2.14. The van der Waals surface area contributed by atoms with Gasteiger partial charge in [-0.05, 0) is 17.7 Å². The zero-order valence-corrected chi connectivity index (χ0v) is 9.47. The van der Waals surface area contributed by atoms with Crippen LogP contribution in [0.2, 0.25) is 9.49 Å². The van der Waals surface area contributed by atoms with Gasteiger partial charge in [-0.3, -0.25) is 0 Å². The summed E-state index contributed by atoms with van der Waals surface area (Å²) in [6.45, 7) is 0. The number of thiophene rings is 1. The normalized spacial score (nSPS) is 10.6. The summed E-state index contributed by atoms with van der Waals surface area (Å²) in [6, 6.07) is 1.93. The van der Waals surface area contributed by atoms with Gasteiger partial charge in [0.25, 0.3) is 0 Å². The molecule has 0 aliphatic heterocycles. The fourth-order valence-electron chi connectivity index (χ4n) is 0.900. The van der Waals surface area contributed by atoms with Crippen LogP contribution < -0.4 is 0 Å². The van der Waals surface area contributed by atoms with Crippen LogP contribution >= 0.6 is 45.9 Å². The smallest absolute Gasteiger partial charge is 0.147 e. The minimum Gasteiger partial charge on any atom is -0.147 e. The van der Waals surface area contributed by atoms with Crippen molar-refractivity contribution < 1.29 is 0 Å². The molecule has 2 aromatic rings. The fraction of sp³-hybridized carbons (Fsp3) is 0.143. The average molecular weight is 251 g/mol. The first kappa shape index (κ1) is 9.40. The van der Waals surface area contributed by atoms with E-state index >= 15 is 0 Å². The van der Waals surface area contributed by atoms with Crippen LogP contribution in [0.15, 0.2) is 11.4 Å². The summed E-state index contributed by atoms with van der Waals surface area (Å²) < 4.78 is 0.484. The van der Waals surface area contributed by atoms with Crippen LogP contribution in [0.3, 0.4) is 0 Å². The highest BCUT2D eigenvalue weighted by Gasteiger charge is 2.04. The molecule has 0 fully saturated rings. The van der Waals surface area contributed by atoms with E-state index in [1.54, 1.807) is 11.3 Å². The van der Waals surface area contributed by atoms with E-state index < -0.39 is 0 Å². The Bertz CT molecular complexity index is 372. The van der Waals surface area contributed by atoms with Gasteiger partial charge in [-0.15, -0.1) is 21.5 Å². The predicted octanol–water partition coefficient (Wildman–Crippen LogP) is 3.50. The Morgan fingerprint density at radius 1 is 1.31 bits per heavy atom. The second kappa shape index (κ2) is 3.92. The van der Waals surface area contributed by atoms with E-state index in [2.05, 4.69) is 10.2 Å². The van der Waals surface area contributed by atoms with Crippen LogP contribution in [0.25, 0.3) is 0 Å². The van der Waals surface area contributed by atoms with Crippen molar-refractivity contribution in [1.29, 1.82) is 0 Å². The zero-order chi connectivity index (χ0) is 9.26. The van der Waals surface area contributed by atoms with Crippen LogP contribution in [0, 0.1) is 0 Å². The van der Waals surface area contributed by atoms with Gasteiger partial charge in [-0.1, -0.05) is 22.9 Å². The molecule has 2 aromatic heterocycles. The molecule has 2 nitrogen and oxygen atoms in total. The molecule has 0 amide bonds. The highest BCUT2D eigenvalue weighted by Crippen LogP contribution is 2.24. The lowest BCUT2D eigenvalue weighted by molar-refractivity contribution is 1.01. The Morgan fingerprint density at radius 3 is 2.69 bits per heavy atom. The van der Waals surface area contributed by atoms with Gasteiger partial charge in [0.15, 0.2) is 0 Å². The largest absolute Gasteiger partial charge is 0.207 e. The van der Waals surface area contributed by atoms with E-state index in [1.165, 1.54) is 16.2 Å². The number of rotatable bonds is 2. The molecule has 0 radical (unpaired) electrons. The van der Waals surface area contributed by atoms with Gasteiger partial charge in [0.05, 0.1) is 5.02 Å². The van der Waals surface area contributed by atoms with Crippen LogP contribution in [-0.2, 0) is 6.42 Å². The van der Waals surface area contributed by atoms with Gasteiger partial charge in [0, 0.05) is 16.7 Å². The Hall–Kier alpha value is -0.160. The van der Waals surface area contributed by atoms with Crippen molar-refractivity contribution in [2.24, 2.45) is 0 Å². The Kier molecular flexibility index (Phi) is 2.83. The highest BCUT2D eigenvalue weighted by molar-refractivity contribution is 7.15. The van der Waals surface area contributed by atoms with Gasteiger partial charge in [0.2, 0.25) is 4.47 Å². The molecule has 0 unspecified atom stereocenters. The van der Waals surface area contributed by atoms with E-state index in [0.29, 0.717) is 4.47 Å². The second-order valence-electron chi connectivity index (χ2n) is 2.36. The first-order valence-electron chi connectivity index (χ1n) is 3.45. The van der Waals surface area contributed by atoms with Crippen molar-refractivity contribution in [3.05, 3.63) is 30.8 Å². The lowest BCUT2D eigenvalue weighted by Crippen LogP contribution is -1.82. The summed E-state index contributed by atoms with van der Waals surface area (Å²) >= 11 is 14.5. The Morgan fingerprint density at radius 2 is 2.15 bits per heavy atom. The van der Waals surface area contributed by atoms with Crippen molar-refractivity contribution >= 4 is 45.9 Å². The van der Waals surface area contributed by atoms with Crippen molar-refractivity contribution in [2.75, 3.05) is 0 Å².